The number of ketones is 1. The van der Waals surface area contributed by atoms with E-state index in [1.165, 1.54) is 6.20 Å². The normalized spacial score (nSPS) is 20.4. The van der Waals surface area contributed by atoms with Crippen LogP contribution in [0.1, 0.15) is 26.3 Å². The van der Waals surface area contributed by atoms with Gasteiger partial charge in [0.15, 0.2) is 5.82 Å². The Morgan fingerprint density at radius 2 is 2.08 bits per heavy atom. The summed E-state index contributed by atoms with van der Waals surface area (Å²) in [6.07, 6.45) is 1.73. The third-order valence-electron chi connectivity index (χ3n) is 7.16. The van der Waals surface area contributed by atoms with Crippen molar-refractivity contribution in [2.45, 2.75) is 39.8 Å². The van der Waals surface area contributed by atoms with Gasteiger partial charge in [-0.1, -0.05) is 20.8 Å². The first kappa shape index (κ1) is 25.7. The Kier molecular flexibility index (Phi) is 6.78. The number of nitrogen functional groups attached to an aromatic ring is 1. The van der Waals surface area contributed by atoms with Crippen molar-refractivity contribution in [1.29, 1.82) is 0 Å². The van der Waals surface area contributed by atoms with Crippen molar-refractivity contribution >= 4 is 39.8 Å². The number of nitrogens with one attached hydrogen (secondary N) is 3. The lowest BCUT2D eigenvalue weighted by atomic mass is 9.71. The zero-order chi connectivity index (χ0) is 27.1. The van der Waals surface area contributed by atoms with Gasteiger partial charge >= 0.3 is 6.09 Å². The van der Waals surface area contributed by atoms with Gasteiger partial charge in [0.2, 0.25) is 5.88 Å². The van der Waals surface area contributed by atoms with Gasteiger partial charge in [-0.15, -0.1) is 0 Å². The van der Waals surface area contributed by atoms with Crippen molar-refractivity contribution in [2.75, 3.05) is 36.1 Å². The lowest BCUT2D eigenvalue weighted by Crippen LogP contribution is -2.57. The Morgan fingerprint density at radius 3 is 2.84 bits per heavy atom. The van der Waals surface area contributed by atoms with E-state index in [0.717, 1.165) is 11.3 Å². The summed E-state index contributed by atoms with van der Waals surface area (Å²) in [4.78, 5) is 33.5. The van der Waals surface area contributed by atoms with Crippen LogP contribution in [0.3, 0.4) is 0 Å². The molecule has 38 heavy (non-hydrogen) atoms. The maximum absolute atomic E-state index is 15.4. The number of aromatic nitrogens is 2. The number of rotatable bonds is 6. The van der Waals surface area contributed by atoms with Crippen LogP contribution < -0.4 is 26.4 Å². The molecule has 1 aliphatic carbocycles. The molecule has 3 heterocycles. The van der Waals surface area contributed by atoms with E-state index in [-0.39, 0.29) is 40.7 Å². The van der Waals surface area contributed by atoms with Crippen molar-refractivity contribution < 1.29 is 23.5 Å². The number of nitrogens with zero attached hydrogens (tertiary/aromatic N) is 2. The number of anilines is 3. The summed E-state index contributed by atoms with van der Waals surface area (Å²) in [5.41, 5.74) is 8.46. The number of halogens is 1. The summed E-state index contributed by atoms with van der Waals surface area (Å²) >= 11 is 0. The number of ether oxygens (including phenoxy) is 2. The molecule has 2 aromatic heterocycles. The monoisotopic (exact) mass is 522 g/mol. The van der Waals surface area contributed by atoms with E-state index < -0.39 is 18.0 Å². The molecule has 5 N–H and O–H groups in total. The van der Waals surface area contributed by atoms with Gasteiger partial charge in [0.1, 0.15) is 30.0 Å². The summed E-state index contributed by atoms with van der Waals surface area (Å²) in [5, 5.41) is 10.1. The fraction of sp³-hybridized carbons (Fsp3) is 0.407. The van der Waals surface area contributed by atoms with Crippen LogP contribution in [0, 0.1) is 24.6 Å². The number of carbonyl (C=O) groups is 2. The maximum Gasteiger partial charge on any atom is 0.413 e. The molecule has 200 valence electrons. The topological polar surface area (TPSA) is 140 Å². The van der Waals surface area contributed by atoms with E-state index in [0.29, 0.717) is 41.9 Å². The minimum atomic E-state index is -0.716. The third kappa shape index (κ3) is 4.58. The molecule has 1 aliphatic heterocycles. The highest BCUT2D eigenvalue weighted by Gasteiger charge is 2.49. The van der Waals surface area contributed by atoms with Crippen molar-refractivity contribution in [3.05, 3.63) is 35.9 Å². The standard InChI is InChI=1S/C27H31FN6O4/c1-12(2)31-11-19-24(35)14(4)25(19)38-27(36)34-20-8-15-7-16(21(28)22(29)18(15)10-32-20)17-9-33-26-23(13(17)3)30-5-6-37-26/h7-10,12,14,19,25,30-31H,5-6,11,29H2,1-4H3,(H,32,34,36). The molecule has 2 aliphatic rings. The Morgan fingerprint density at radius 1 is 1.29 bits per heavy atom. The average Bonchev–Trinajstić information content (AvgIpc) is 2.90. The second kappa shape index (κ2) is 10.1. The molecule has 5 rings (SSSR count). The molecule has 1 fully saturated rings. The predicted octanol–water partition coefficient (Wildman–Crippen LogP) is 3.88. The number of amides is 1. The molecule has 0 spiro atoms. The van der Waals surface area contributed by atoms with Crippen LogP contribution in [0.4, 0.5) is 26.4 Å². The summed E-state index contributed by atoms with van der Waals surface area (Å²) < 4.78 is 26.5. The first-order chi connectivity index (χ1) is 18.2. The molecular weight excluding hydrogens is 491 g/mol. The number of benzene rings is 1. The van der Waals surface area contributed by atoms with Crippen LogP contribution >= 0.6 is 0 Å². The minimum absolute atomic E-state index is 0.0530. The van der Waals surface area contributed by atoms with Crippen LogP contribution in [-0.4, -0.2) is 53.7 Å². The maximum atomic E-state index is 15.4. The fourth-order valence-electron chi connectivity index (χ4n) is 4.97. The van der Waals surface area contributed by atoms with E-state index >= 15 is 4.39 Å². The van der Waals surface area contributed by atoms with Crippen LogP contribution in [0.15, 0.2) is 24.5 Å². The molecule has 3 aromatic rings. The first-order valence-corrected chi connectivity index (χ1v) is 12.6. The second-order valence-corrected chi connectivity index (χ2v) is 10.1. The van der Waals surface area contributed by atoms with Gasteiger partial charge in [-0.2, -0.15) is 0 Å². The molecule has 3 unspecified atom stereocenters. The summed E-state index contributed by atoms with van der Waals surface area (Å²) in [7, 11) is 0. The minimum Gasteiger partial charge on any atom is -0.474 e. The van der Waals surface area contributed by atoms with Gasteiger partial charge in [0, 0.05) is 48.0 Å². The zero-order valence-corrected chi connectivity index (χ0v) is 21.7. The van der Waals surface area contributed by atoms with Crippen LogP contribution in [0.5, 0.6) is 5.88 Å². The smallest absolute Gasteiger partial charge is 0.413 e. The van der Waals surface area contributed by atoms with E-state index in [9.17, 15) is 9.59 Å². The van der Waals surface area contributed by atoms with Gasteiger partial charge < -0.3 is 25.8 Å². The molecule has 0 saturated heterocycles. The highest BCUT2D eigenvalue weighted by molar-refractivity contribution is 5.99. The number of fused-ring (bicyclic) bond motifs is 2. The molecule has 10 nitrogen and oxygen atoms in total. The SMILES string of the molecule is Cc1c(-c2cc3cc(NC(=O)OC4C(C)C(=O)C4CNC(C)C)ncc3c(N)c2F)cnc2c1NCCO2. The highest BCUT2D eigenvalue weighted by Crippen LogP contribution is 2.39. The second-order valence-electron chi connectivity index (χ2n) is 10.1. The zero-order valence-electron chi connectivity index (χ0n) is 21.7. The molecule has 11 heteroatoms. The van der Waals surface area contributed by atoms with Gasteiger partial charge in [-0.05, 0) is 30.0 Å². The lowest BCUT2D eigenvalue weighted by molar-refractivity contribution is -0.149. The molecule has 1 amide bonds. The number of carbonyl (C=O) groups excluding carboxylic acids is 2. The van der Waals surface area contributed by atoms with Crippen molar-refractivity contribution in [2.24, 2.45) is 11.8 Å². The Balaban J connectivity index is 1.39. The van der Waals surface area contributed by atoms with E-state index in [2.05, 4.69) is 25.9 Å². The van der Waals surface area contributed by atoms with Crippen molar-refractivity contribution in [1.82, 2.24) is 15.3 Å². The number of Topliss-reactive ketones (excluding diaryl/α,β-unsaturated/α-hetero) is 1. The van der Waals surface area contributed by atoms with Crippen LogP contribution in [0.2, 0.25) is 0 Å². The van der Waals surface area contributed by atoms with Crippen LogP contribution in [-0.2, 0) is 9.53 Å². The summed E-state index contributed by atoms with van der Waals surface area (Å²) in [6.45, 7) is 9.16. The van der Waals surface area contributed by atoms with Crippen molar-refractivity contribution in [3.8, 4) is 17.0 Å². The number of hydrogen-bond donors (Lipinski definition) is 4. The predicted molar refractivity (Wildman–Crippen MR) is 143 cm³/mol. The van der Waals surface area contributed by atoms with Gasteiger partial charge in [-0.25, -0.2) is 19.2 Å². The van der Waals surface area contributed by atoms with E-state index in [4.69, 9.17) is 15.2 Å². The molecule has 3 atom stereocenters. The van der Waals surface area contributed by atoms with Crippen molar-refractivity contribution in [3.63, 3.8) is 0 Å². The average molecular weight is 523 g/mol. The summed E-state index contributed by atoms with van der Waals surface area (Å²) in [6, 6.07) is 3.47. The van der Waals surface area contributed by atoms with Gasteiger partial charge in [0.25, 0.3) is 0 Å². The van der Waals surface area contributed by atoms with E-state index in [1.54, 1.807) is 25.3 Å². The lowest BCUT2D eigenvalue weighted by Gasteiger charge is -2.40. The Labute approximate surface area is 219 Å². The highest BCUT2D eigenvalue weighted by atomic mass is 19.1. The number of hydrogen-bond acceptors (Lipinski definition) is 9. The quantitative estimate of drug-likeness (QED) is 0.355. The molecule has 0 radical (unpaired) electrons. The number of nitrogens with two attached hydrogens (primary N) is 1. The molecule has 0 bridgehead atoms. The molecule has 1 saturated carbocycles. The molecule has 1 aromatic carbocycles. The first-order valence-electron chi connectivity index (χ1n) is 12.6. The van der Waals surface area contributed by atoms with E-state index in [1.807, 2.05) is 20.8 Å². The number of pyridine rings is 2. The summed E-state index contributed by atoms with van der Waals surface area (Å²) in [5.74, 6) is -0.580. The third-order valence-corrected chi connectivity index (χ3v) is 7.16. The fourth-order valence-corrected chi connectivity index (χ4v) is 4.97. The Bertz CT molecular complexity index is 1430. The van der Waals surface area contributed by atoms with Gasteiger partial charge in [-0.3, -0.25) is 10.1 Å². The largest absolute Gasteiger partial charge is 0.474 e. The van der Waals surface area contributed by atoms with Crippen LogP contribution in [0.25, 0.3) is 21.9 Å². The Hall–Kier alpha value is -3.99. The molecular formula is C27H31FN6O4. The van der Waals surface area contributed by atoms with Gasteiger partial charge in [0.05, 0.1) is 17.5 Å².